The van der Waals surface area contributed by atoms with E-state index in [1.807, 2.05) is 35.5 Å². The van der Waals surface area contributed by atoms with E-state index < -0.39 is 6.17 Å². The van der Waals surface area contributed by atoms with Crippen molar-refractivity contribution in [2.45, 2.75) is 13.1 Å². The van der Waals surface area contributed by atoms with Crippen molar-refractivity contribution in [1.29, 1.82) is 0 Å². The number of nitrogens with zero attached hydrogens (tertiary/aromatic N) is 3. The number of aromatic nitrogens is 1. The fourth-order valence-corrected chi connectivity index (χ4v) is 4.32. The van der Waals surface area contributed by atoms with Gasteiger partial charge < -0.3 is 10.2 Å². The Morgan fingerprint density at radius 3 is 2.79 bits per heavy atom. The Labute approximate surface area is 171 Å². The molecule has 3 aromatic rings. The van der Waals surface area contributed by atoms with Gasteiger partial charge in [-0.05, 0) is 30.3 Å². The number of nitrogens with one attached hydrogen (secondary N) is 1. The molecule has 2 aromatic carbocycles. The average molecular weight is 413 g/mol. The van der Waals surface area contributed by atoms with Gasteiger partial charge in [0.2, 0.25) is 5.91 Å². The van der Waals surface area contributed by atoms with Crippen molar-refractivity contribution in [3.05, 3.63) is 70.2 Å². The Morgan fingerprint density at radius 1 is 1.25 bits per heavy atom. The molecule has 142 valence electrons. The van der Waals surface area contributed by atoms with Gasteiger partial charge in [-0.15, -0.1) is 11.3 Å². The minimum atomic E-state index is -0.416. The van der Waals surface area contributed by atoms with E-state index in [1.165, 1.54) is 23.2 Å². The van der Waals surface area contributed by atoms with Gasteiger partial charge in [0.15, 0.2) is 5.13 Å². The van der Waals surface area contributed by atoms with E-state index in [2.05, 4.69) is 10.3 Å². The largest absolute Gasteiger partial charge is 0.349 e. The van der Waals surface area contributed by atoms with Gasteiger partial charge in [-0.3, -0.25) is 14.5 Å². The number of carbonyl (C=O) groups is 2. The molecule has 4 rings (SSSR count). The highest BCUT2D eigenvalue weighted by molar-refractivity contribution is 7.14. The highest BCUT2D eigenvalue weighted by Gasteiger charge is 2.31. The maximum absolute atomic E-state index is 12.5. The van der Waals surface area contributed by atoms with E-state index in [-0.39, 0.29) is 11.8 Å². The molecule has 8 heteroatoms. The Balaban J connectivity index is 1.69. The number of fused-ring (bicyclic) bond motifs is 1. The Kier molecular flexibility index (Phi) is 4.78. The van der Waals surface area contributed by atoms with Gasteiger partial charge in [-0.1, -0.05) is 29.8 Å². The second-order valence-corrected chi connectivity index (χ2v) is 7.67. The minimum absolute atomic E-state index is 0.147. The lowest BCUT2D eigenvalue weighted by Gasteiger charge is -2.35. The zero-order valence-electron chi connectivity index (χ0n) is 15.2. The molecule has 1 aromatic heterocycles. The summed E-state index contributed by atoms with van der Waals surface area (Å²) in [6.07, 6.45) is -0.416. The first-order chi connectivity index (χ1) is 13.5. The first-order valence-electron chi connectivity index (χ1n) is 8.60. The first-order valence-corrected chi connectivity index (χ1v) is 9.86. The number of carbonyl (C=O) groups excluding carboxylic acids is 2. The van der Waals surface area contributed by atoms with Crippen LogP contribution < -0.4 is 15.1 Å². The predicted molar refractivity (Wildman–Crippen MR) is 111 cm³/mol. The van der Waals surface area contributed by atoms with Crippen LogP contribution in [0, 0.1) is 0 Å². The lowest BCUT2D eigenvalue weighted by molar-refractivity contribution is -0.115. The van der Waals surface area contributed by atoms with Crippen molar-refractivity contribution >= 4 is 51.3 Å². The lowest BCUT2D eigenvalue weighted by atomic mass is 10.1. The van der Waals surface area contributed by atoms with Crippen LogP contribution in [0.5, 0.6) is 0 Å². The molecule has 0 unspecified atom stereocenters. The van der Waals surface area contributed by atoms with E-state index >= 15 is 0 Å². The Morgan fingerprint density at radius 2 is 2.04 bits per heavy atom. The van der Waals surface area contributed by atoms with Gasteiger partial charge in [-0.2, -0.15) is 0 Å². The van der Waals surface area contributed by atoms with Crippen molar-refractivity contribution in [1.82, 2.24) is 10.3 Å². The molecule has 0 spiro atoms. The van der Waals surface area contributed by atoms with Crippen molar-refractivity contribution < 1.29 is 9.59 Å². The maximum atomic E-state index is 12.5. The molecule has 0 saturated carbocycles. The fraction of sp³-hybridized carbons (Fsp3) is 0.150. The Bertz CT molecular complexity index is 1070. The number of rotatable bonds is 3. The molecule has 2 heterocycles. The average Bonchev–Trinajstić information content (AvgIpc) is 3.14. The fourth-order valence-electron chi connectivity index (χ4n) is 3.23. The van der Waals surface area contributed by atoms with E-state index in [0.717, 1.165) is 5.69 Å². The topological polar surface area (TPSA) is 65.5 Å². The number of anilines is 3. The van der Waals surface area contributed by atoms with Gasteiger partial charge in [0, 0.05) is 24.4 Å². The summed E-state index contributed by atoms with van der Waals surface area (Å²) < 4.78 is 0. The molecule has 1 N–H and O–H groups in total. The molecular weight excluding hydrogens is 396 g/mol. The van der Waals surface area contributed by atoms with E-state index in [1.54, 1.807) is 30.3 Å². The number of thiazole rings is 1. The standard InChI is InChI=1S/C20H17ClN4O2S/c1-12(26)25(14-7-5-6-13(21)10-14)20-22-16(11-28-20)18-23-19(27)15-8-3-4-9-17(15)24(18)2/h3-11,18H,1-2H3,(H,23,27)/t18-/m0/s1. The van der Waals surface area contributed by atoms with Gasteiger partial charge in [-0.25, -0.2) is 4.98 Å². The molecule has 0 bridgehead atoms. The van der Waals surface area contributed by atoms with Crippen LogP contribution in [0.4, 0.5) is 16.5 Å². The molecule has 28 heavy (non-hydrogen) atoms. The number of benzene rings is 2. The number of halogens is 1. The van der Waals surface area contributed by atoms with Crippen LogP contribution in [-0.4, -0.2) is 23.8 Å². The van der Waals surface area contributed by atoms with Crippen molar-refractivity contribution in [2.75, 3.05) is 16.8 Å². The third-order valence-corrected chi connectivity index (χ3v) is 5.63. The van der Waals surface area contributed by atoms with E-state index in [0.29, 0.717) is 27.1 Å². The van der Waals surface area contributed by atoms with Crippen molar-refractivity contribution in [3.63, 3.8) is 0 Å². The molecule has 2 amide bonds. The highest BCUT2D eigenvalue weighted by Crippen LogP contribution is 2.35. The molecule has 1 atom stereocenters. The second-order valence-electron chi connectivity index (χ2n) is 6.39. The lowest BCUT2D eigenvalue weighted by Crippen LogP contribution is -2.44. The summed E-state index contributed by atoms with van der Waals surface area (Å²) in [4.78, 5) is 32.9. The molecule has 6 nitrogen and oxygen atoms in total. The minimum Gasteiger partial charge on any atom is -0.349 e. The maximum Gasteiger partial charge on any atom is 0.255 e. The smallest absolute Gasteiger partial charge is 0.255 e. The monoisotopic (exact) mass is 412 g/mol. The molecular formula is C20H17ClN4O2S. The molecule has 0 aliphatic carbocycles. The van der Waals surface area contributed by atoms with Gasteiger partial charge >= 0.3 is 0 Å². The highest BCUT2D eigenvalue weighted by atomic mass is 35.5. The third kappa shape index (κ3) is 3.23. The zero-order chi connectivity index (χ0) is 19.8. The van der Waals surface area contributed by atoms with Crippen LogP contribution >= 0.6 is 22.9 Å². The molecule has 1 aliphatic heterocycles. The zero-order valence-corrected chi connectivity index (χ0v) is 16.8. The normalized spacial score (nSPS) is 15.8. The number of hydrogen-bond acceptors (Lipinski definition) is 5. The van der Waals surface area contributed by atoms with E-state index in [4.69, 9.17) is 11.6 Å². The van der Waals surface area contributed by atoms with Gasteiger partial charge in [0.25, 0.3) is 5.91 Å². The molecule has 1 aliphatic rings. The summed E-state index contributed by atoms with van der Waals surface area (Å²) in [7, 11) is 1.90. The SMILES string of the molecule is CC(=O)N(c1cccc(Cl)c1)c1nc([C@H]2NC(=O)c3ccccc3N2C)cs1. The second kappa shape index (κ2) is 7.26. The van der Waals surface area contributed by atoms with Crippen LogP contribution in [-0.2, 0) is 4.79 Å². The van der Waals surface area contributed by atoms with Gasteiger partial charge in [0.05, 0.1) is 22.6 Å². The van der Waals surface area contributed by atoms with Crippen molar-refractivity contribution in [2.24, 2.45) is 0 Å². The summed E-state index contributed by atoms with van der Waals surface area (Å²) in [5, 5.41) is 5.89. The number of para-hydroxylation sites is 1. The van der Waals surface area contributed by atoms with Crippen molar-refractivity contribution in [3.8, 4) is 0 Å². The summed E-state index contributed by atoms with van der Waals surface area (Å²) in [6, 6.07) is 14.5. The Hall–Kier alpha value is -2.90. The number of hydrogen-bond donors (Lipinski definition) is 1. The predicted octanol–water partition coefficient (Wildman–Crippen LogP) is 4.36. The van der Waals surface area contributed by atoms with Crippen LogP contribution in [0.2, 0.25) is 5.02 Å². The molecule has 0 radical (unpaired) electrons. The third-order valence-electron chi connectivity index (χ3n) is 4.55. The summed E-state index contributed by atoms with van der Waals surface area (Å²) in [6.45, 7) is 1.48. The van der Waals surface area contributed by atoms with Crippen LogP contribution in [0.25, 0.3) is 0 Å². The quantitative estimate of drug-likeness (QED) is 0.694. The van der Waals surface area contributed by atoms with Gasteiger partial charge in [0.1, 0.15) is 6.17 Å². The summed E-state index contributed by atoms with van der Waals surface area (Å²) >= 11 is 7.42. The molecule has 0 saturated heterocycles. The van der Waals surface area contributed by atoms with Crippen LogP contribution in [0.15, 0.2) is 53.9 Å². The van der Waals surface area contributed by atoms with E-state index in [9.17, 15) is 9.59 Å². The van der Waals surface area contributed by atoms with Crippen LogP contribution in [0.3, 0.4) is 0 Å². The first kappa shape index (κ1) is 18.5. The number of amides is 2. The summed E-state index contributed by atoms with van der Waals surface area (Å²) in [5.41, 5.74) is 2.77. The van der Waals surface area contributed by atoms with Crippen LogP contribution in [0.1, 0.15) is 29.1 Å². The molecule has 0 fully saturated rings. The summed E-state index contributed by atoms with van der Waals surface area (Å²) in [5.74, 6) is -0.318.